The largest absolute Gasteiger partial charge is 0.488 e. The summed E-state index contributed by atoms with van der Waals surface area (Å²) in [5.74, 6) is -0.201. The maximum atomic E-state index is 7.40. The number of hydrogen-bond acceptors (Lipinski definition) is 2. The van der Waals surface area contributed by atoms with Gasteiger partial charge in [0.2, 0.25) is 0 Å². The Balaban J connectivity index is 3.47. The Hall–Kier alpha value is -1.18. The van der Waals surface area contributed by atoms with Gasteiger partial charge < -0.3 is 10.5 Å². The summed E-state index contributed by atoms with van der Waals surface area (Å²) < 4.78 is 71.6. The standard InChI is InChI=1S/C10H15NO/c1-10(2,3)12-9-6-4-8(11)5-7-9/h4-7H,11H2,1-3H3/i1D3,2D3,3D3. The Bertz CT molecular complexity index is 449. The van der Waals surface area contributed by atoms with E-state index in [1.54, 1.807) is 0 Å². The van der Waals surface area contributed by atoms with Crippen molar-refractivity contribution >= 4 is 5.69 Å². The van der Waals surface area contributed by atoms with E-state index in [2.05, 4.69) is 0 Å². The molecule has 0 radical (unpaired) electrons. The van der Waals surface area contributed by atoms with Crippen molar-refractivity contribution in [1.29, 1.82) is 0 Å². The first kappa shape index (κ1) is 2.66. The molecule has 0 heterocycles. The van der Waals surface area contributed by atoms with Crippen LogP contribution in [0.4, 0.5) is 5.69 Å². The van der Waals surface area contributed by atoms with E-state index in [9.17, 15) is 0 Å². The van der Waals surface area contributed by atoms with Gasteiger partial charge in [-0.2, -0.15) is 0 Å². The predicted molar refractivity (Wildman–Crippen MR) is 51.2 cm³/mol. The van der Waals surface area contributed by atoms with Gasteiger partial charge in [-0.05, 0) is 44.8 Å². The molecular weight excluding hydrogens is 150 g/mol. The highest BCUT2D eigenvalue weighted by molar-refractivity contribution is 5.41. The predicted octanol–water partition coefficient (Wildman–Crippen LogP) is 2.45. The molecule has 1 aromatic rings. The molecule has 0 amide bonds. The second-order valence-corrected chi connectivity index (χ2v) is 2.35. The summed E-state index contributed by atoms with van der Waals surface area (Å²) in [7, 11) is 0. The van der Waals surface area contributed by atoms with E-state index in [-0.39, 0.29) is 5.75 Å². The maximum absolute atomic E-state index is 7.40. The van der Waals surface area contributed by atoms with Gasteiger partial charge in [0.25, 0.3) is 0 Å². The fourth-order valence-electron chi connectivity index (χ4n) is 0.713. The van der Waals surface area contributed by atoms with Crippen molar-refractivity contribution in [3.05, 3.63) is 24.3 Å². The Morgan fingerprint density at radius 3 is 2.33 bits per heavy atom. The van der Waals surface area contributed by atoms with Crippen molar-refractivity contribution in [3.63, 3.8) is 0 Å². The zero-order valence-corrected chi connectivity index (χ0v) is 6.29. The van der Waals surface area contributed by atoms with Crippen molar-refractivity contribution < 1.29 is 17.1 Å². The van der Waals surface area contributed by atoms with Gasteiger partial charge in [0.05, 0.1) is 0 Å². The van der Waals surface area contributed by atoms with Crippen LogP contribution in [0.1, 0.15) is 32.9 Å². The molecule has 0 unspecified atom stereocenters. The molecular formula is C10H15NO. The normalized spacial score (nSPS) is 25.5. The summed E-state index contributed by atoms with van der Waals surface area (Å²) in [4.78, 5) is 0. The monoisotopic (exact) mass is 174 g/mol. The lowest BCUT2D eigenvalue weighted by molar-refractivity contribution is 0.131. The molecule has 0 aliphatic rings. The highest BCUT2D eigenvalue weighted by Crippen LogP contribution is 2.18. The molecule has 0 aliphatic carbocycles. The van der Waals surface area contributed by atoms with E-state index < -0.39 is 26.2 Å². The molecule has 1 aromatic carbocycles. The first-order chi connectivity index (χ1) is 9.22. The molecule has 0 atom stereocenters. The molecule has 2 nitrogen and oxygen atoms in total. The van der Waals surface area contributed by atoms with Crippen LogP contribution >= 0.6 is 0 Å². The fraction of sp³-hybridized carbons (Fsp3) is 0.400. The SMILES string of the molecule is [2H]C([2H])([2H])C(Oc1ccc(N)cc1)(C([2H])([2H])[2H])C([2H])([2H])[2H]. The molecule has 1 rings (SSSR count). The van der Waals surface area contributed by atoms with Gasteiger partial charge in [-0.3, -0.25) is 0 Å². The maximum Gasteiger partial charge on any atom is 0.120 e. The second kappa shape index (κ2) is 3.05. The molecule has 0 aromatic heterocycles. The molecule has 66 valence electrons. The quantitative estimate of drug-likeness (QED) is 0.664. The van der Waals surface area contributed by atoms with Crippen LogP contribution in [0.15, 0.2) is 24.3 Å². The minimum atomic E-state index is -3.40. The lowest BCUT2D eigenvalue weighted by Gasteiger charge is -2.21. The van der Waals surface area contributed by atoms with Gasteiger partial charge in [0.1, 0.15) is 11.4 Å². The number of hydrogen-bond donors (Lipinski definition) is 1. The first-order valence-electron chi connectivity index (χ1n) is 7.77. The van der Waals surface area contributed by atoms with Crippen LogP contribution in [-0.4, -0.2) is 5.60 Å². The first-order valence-corrected chi connectivity index (χ1v) is 3.27. The van der Waals surface area contributed by atoms with E-state index >= 15 is 0 Å². The average Bonchev–Trinajstić information content (AvgIpc) is 2.22. The highest BCUT2D eigenvalue weighted by Gasteiger charge is 2.10. The van der Waals surface area contributed by atoms with Crippen molar-refractivity contribution in [3.8, 4) is 5.75 Å². The number of benzene rings is 1. The summed E-state index contributed by atoms with van der Waals surface area (Å²) in [6, 6.07) is 5.12. The zero-order chi connectivity index (χ0) is 16.7. The van der Waals surface area contributed by atoms with Gasteiger partial charge >= 0.3 is 0 Å². The molecule has 2 heteroatoms. The van der Waals surface area contributed by atoms with Crippen LogP contribution in [0.3, 0.4) is 0 Å². The van der Waals surface area contributed by atoms with Crippen molar-refractivity contribution in [2.75, 3.05) is 5.73 Å². The molecule has 12 heavy (non-hydrogen) atoms. The summed E-state index contributed by atoms with van der Waals surface area (Å²) in [6.45, 7) is -10.2. The van der Waals surface area contributed by atoms with E-state index in [1.165, 1.54) is 24.3 Å². The zero-order valence-electron chi connectivity index (χ0n) is 15.3. The van der Waals surface area contributed by atoms with Crippen LogP contribution in [0.2, 0.25) is 0 Å². The minimum Gasteiger partial charge on any atom is -0.488 e. The molecule has 0 fully saturated rings. The van der Waals surface area contributed by atoms with Gasteiger partial charge in [0.15, 0.2) is 0 Å². The minimum absolute atomic E-state index is 0.201. The van der Waals surface area contributed by atoms with Gasteiger partial charge in [0, 0.05) is 18.0 Å². The number of ether oxygens (including phenoxy) is 1. The number of nitrogen functional groups attached to an aromatic ring is 1. The third kappa shape index (κ3) is 2.82. The van der Waals surface area contributed by atoms with Crippen LogP contribution in [0.5, 0.6) is 5.75 Å². The van der Waals surface area contributed by atoms with Crippen molar-refractivity contribution in [2.45, 2.75) is 26.2 Å². The lowest BCUT2D eigenvalue weighted by Crippen LogP contribution is -2.22. The van der Waals surface area contributed by atoms with E-state index in [0.717, 1.165) is 0 Å². The molecule has 2 N–H and O–H groups in total. The third-order valence-electron chi connectivity index (χ3n) is 1.15. The molecule has 0 saturated heterocycles. The number of rotatable bonds is 1. The van der Waals surface area contributed by atoms with E-state index in [4.69, 9.17) is 22.8 Å². The Morgan fingerprint density at radius 2 is 1.83 bits per heavy atom. The smallest absolute Gasteiger partial charge is 0.120 e. The Morgan fingerprint density at radius 1 is 1.25 bits per heavy atom. The van der Waals surface area contributed by atoms with E-state index in [0.29, 0.717) is 5.69 Å². The van der Waals surface area contributed by atoms with Gasteiger partial charge in [-0.25, -0.2) is 0 Å². The molecule has 0 bridgehead atoms. The molecule has 0 saturated carbocycles. The van der Waals surface area contributed by atoms with Crippen molar-refractivity contribution in [2.24, 2.45) is 0 Å². The number of anilines is 1. The summed E-state index contributed by atoms with van der Waals surface area (Å²) in [5, 5.41) is 0. The summed E-state index contributed by atoms with van der Waals surface area (Å²) in [6.07, 6.45) is 0. The topological polar surface area (TPSA) is 35.2 Å². The second-order valence-electron chi connectivity index (χ2n) is 2.35. The van der Waals surface area contributed by atoms with Crippen molar-refractivity contribution in [1.82, 2.24) is 0 Å². The van der Waals surface area contributed by atoms with Crippen LogP contribution in [-0.2, 0) is 0 Å². The van der Waals surface area contributed by atoms with Crippen LogP contribution < -0.4 is 10.5 Å². The fourth-order valence-corrected chi connectivity index (χ4v) is 0.713. The third-order valence-corrected chi connectivity index (χ3v) is 1.15. The Labute approximate surface area is 86.0 Å². The average molecular weight is 174 g/mol. The molecule has 0 spiro atoms. The molecule has 0 aliphatic heterocycles. The summed E-state index contributed by atoms with van der Waals surface area (Å²) >= 11 is 0. The van der Waals surface area contributed by atoms with E-state index in [1.807, 2.05) is 0 Å². The number of nitrogens with two attached hydrogens (primary N) is 1. The summed E-state index contributed by atoms with van der Waals surface area (Å²) in [5.41, 5.74) is 2.47. The lowest BCUT2D eigenvalue weighted by atomic mass is 10.2. The van der Waals surface area contributed by atoms with Gasteiger partial charge in [-0.1, -0.05) is 0 Å². The van der Waals surface area contributed by atoms with Crippen LogP contribution in [0.25, 0.3) is 0 Å². The Kier molecular flexibility index (Phi) is 0.676. The van der Waals surface area contributed by atoms with Gasteiger partial charge in [-0.15, -0.1) is 0 Å². The highest BCUT2D eigenvalue weighted by atomic mass is 16.5. The van der Waals surface area contributed by atoms with Crippen LogP contribution in [0, 0.1) is 0 Å².